The van der Waals surface area contributed by atoms with Crippen LogP contribution in [0.4, 0.5) is 0 Å². The molecule has 4 N–H and O–H groups in total. The summed E-state index contributed by atoms with van der Waals surface area (Å²) in [5, 5.41) is 26.2. The van der Waals surface area contributed by atoms with E-state index in [1.807, 2.05) is 36.4 Å². The second kappa shape index (κ2) is 11.9. The molecule has 2 aromatic rings. The van der Waals surface area contributed by atoms with Crippen LogP contribution in [0, 0.1) is 5.92 Å². The summed E-state index contributed by atoms with van der Waals surface area (Å²) in [6.07, 6.45) is 3.64. The molecule has 4 bridgehead atoms. The molecule has 4 aliphatic rings. The molecule has 1 saturated carbocycles. The monoisotopic (exact) mass is 549 g/mol. The first kappa shape index (κ1) is 27.2. The van der Waals surface area contributed by atoms with E-state index >= 15 is 0 Å². The number of nitrogens with zero attached hydrogens (tertiary/aromatic N) is 1. The Labute approximate surface area is 234 Å². The van der Waals surface area contributed by atoms with Gasteiger partial charge in [-0.1, -0.05) is 30.3 Å². The molecule has 2 amide bonds. The van der Waals surface area contributed by atoms with Gasteiger partial charge in [0.1, 0.15) is 11.9 Å². The van der Waals surface area contributed by atoms with Gasteiger partial charge in [0.15, 0.2) is 0 Å². The van der Waals surface area contributed by atoms with Crippen molar-refractivity contribution in [1.82, 2.24) is 15.5 Å². The Bertz CT molecular complexity index is 1220. The SMILES string of the molecule is O=C1N[C@H]2C[C@@H](C(=O)NC[C@H]3O[C@H](CCOc4cc(-c5ccc(CO)cc5)ccc41)CC[C@@H]3O)N(CC1CC1)C2. The van der Waals surface area contributed by atoms with Crippen molar-refractivity contribution in [3.63, 3.8) is 0 Å². The number of amides is 2. The van der Waals surface area contributed by atoms with Crippen molar-refractivity contribution in [3.8, 4) is 16.9 Å². The first-order chi connectivity index (χ1) is 19.5. The summed E-state index contributed by atoms with van der Waals surface area (Å²) < 4.78 is 12.4. The van der Waals surface area contributed by atoms with Gasteiger partial charge < -0.3 is 30.3 Å². The van der Waals surface area contributed by atoms with Crippen LogP contribution < -0.4 is 15.4 Å². The lowest BCUT2D eigenvalue weighted by Gasteiger charge is -2.34. The third-order valence-corrected chi connectivity index (χ3v) is 8.68. The number of aliphatic hydroxyl groups excluding tert-OH is 2. The van der Waals surface area contributed by atoms with E-state index in [0.29, 0.717) is 56.1 Å². The summed E-state index contributed by atoms with van der Waals surface area (Å²) >= 11 is 0. The number of aliphatic hydroxyl groups is 2. The Balaban J connectivity index is 1.28. The number of hydrogen-bond acceptors (Lipinski definition) is 7. The van der Waals surface area contributed by atoms with Gasteiger partial charge in [-0.3, -0.25) is 14.5 Å². The maximum absolute atomic E-state index is 13.6. The lowest BCUT2D eigenvalue weighted by molar-refractivity contribution is -0.133. The fourth-order valence-corrected chi connectivity index (χ4v) is 6.15. The van der Waals surface area contributed by atoms with E-state index in [2.05, 4.69) is 15.5 Å². The number of carbonyl (C=O) groups is 2. The molecule has 2 saturated heterocycles. The first-order valence-electron chi connectivity index (χ1n) is 14.6. The van der Waals surface area contributed by atoms with Crippen LogP contribution in [0.5, 0.6) is 5.75 Å². The summed E-state index contributed by atoms with van der Waals surface area (Å²) in [4.78, 5) is 29.1. The summed E-state index contributed by atoms with van der Waals surface area (Å²) in [6.45, 7) is 2.08. The zero-order chi connectivity index (χ0) is 27.6. The molecule has 9 nitrogen and oxygen atoms in total. The van der Waals surface area contributed by atoms with Crippen molar-refractivity contribution >= 4 is 11.8 Å². The number of hydrogen-bond donors (Lipinski definition) is 4. The third-order valence-electron chi connectivity index (χ3n) is 8.68. The van der Waals surface area contributed by atoms with Crippen LogP contribution >= 0.6 is 0 Å². The van der Waals surface area contributed by atoms with Crippen LogP contribution in [0.2, 0.25) is 0 Å². The van der Waals surface area contributed by atoms with Crippen molar-refractivity contribution in [1.29, 1.82) is 0 Å². The van der Waals surface area contributed by atoms with Gasteiger partial charge in [-0.15, -0.1) is 0 Å². The smallest absolute Gasteiger partial charge is 0.255 e. The third kappa shape index (κ3) is 6.17. The predicted molar refractivity (Wildman–Crippen MR) is 149 cm³/mol. The maximum atomic E-state index is 13.6. The van der Waals surface area contributed by atoms with Crippen LogP contribution in [0.1, 0.15) is 54.4 Å². The van der Waals surface area contributed by atoms with E-state index in [1.54, 1.807) is 6.07 Å². The van der Waals surface area contributed by atoms with Crippen LogP contribution in [0.3, 0.4) is 0 Å². The van der Waals surface area contributed by atoms with E-state index in [0.717, 1.165) is 23.2 Å². The Morgan fingerprint density at radius 3 is 2.55 bits per heavy atom. The van der Waals surface area contributed by atoms with E-state index in [1.165, 1.54) is 12.8 Å². The topological polar surface area (TPSA) is 120 Å². The number of benzene rings is 2. The van der Waals surface area contributed by atoms with Gasteiger partial charge in [0.05, 0.1) is 37.0 Å². The van der Waals surface area contributed by atoms with Gasteiger partial charge in [0.2, 0.25) is 5.91 Å². The van der Waals surface area contributed by atoms with Crippen LogP contribution in [0.15, 0.2) is 42.5 Å². The zero-order valence-electron chi connectivity index (χ0n) is 22.8. The number of rotatable bonds is 4. The average molecular weight is 550 g/mol. The Hall–Kier alpha value is -2.98. The second-order valence-electron chi connectivity index (χ2n) is 11.7. The highest BCUT2D eigenvalue weighted by Gasteiger charge is 2.41. The van der Waals surface area contributed by atoms with Crippen molar-refractivity contribution in [2.24, 2.45) is 5.92 Å². The average Bonchev–Trinajstić information content (AvgIpc) is 3.70. The number of nitrogens with one attached hydrogen (secondary N) is 2. The molecule has 0 radical (unpaired) electrons. The van der Waals surface area contributed by atoms with E-state index in [4.69, 9.17) is 9.47 Å². The molecule has 2 aromatic carbocycles. The second-order valence-corrected chi connectivity index (χ2v) is 11.7. The van der Waals surface area contributed by atoms with Crippen LogP contribution in [-0.4, -0.2) is 83.6 Å². The number of carbonyl (C=O) groups excluding carboxylic acids is 2. The molecular weight excluding hydrogens is 510 g/mol. The normalized spacial score (nSPS) is 29.7. The Kier molecular flexibility index (Phi) is 8.07. The quantitative estimate of drug-likeness (QED) is 0.462. The fraction of sp³-hybridized carbons (Fsp3) is 0.548. The zero-order valence-corrected chi connectivity index (χ0v) is 22.8. The van der Waals surface area contributed by atoms with Crippen molar-refractivity contribution in [3.05, 3.63) is 53.6 Å². The van der Waals surface area contributed by atoms with Crippen LogP contribution in [-0.2, 0) is 16.1 Å². The fourth-order valence-electron chi connectivity index (χ4n) is 6.15. The minimum Gasteiger partial charge on any atom is -0.493 e. The Morgan fingerprint density at radius 2 is 1.77 bits per heavy atom. The van der Waals surface area contributed by atoms with E-state index in [-0.39, 0.29) is 43.2 Å². The highest BCUT2D eigenvalue weighted by atomic mass is 16.5. The highest BCUT2D eigenvalue weighted by Crippen LogP contribution is 2.33. The van der Waals surface area contributed by atoms with Gasteiger partial charge in [0.25, 0.3) is 5.91 Å². The van der Waals surface area contributed by atoms with Gasteiger partial charge in [-0.25, -0.2) is 0 Å². The molecule has 3 fully saturated rings. The highest BCUT2D eigenvalue weighted by molar-refractivity contribution is 5.98. The maximum Gasteiger partial charge on any atom is 0.255 e. The molecule has 3 heterocycles. The molecule has 6 rings (SSSR count). The molecule has 9 heteroatoms. The Morgan fingerprint density at radius 1 is 0.975 bits per heavy atom. The van der Waals surface area contributed by atoms with Gasteiger partial charge in [-0.05, 0) is 66.8 Å². The lowest BCUT2D eigenvalue weighted by Crippen LogP contribution is -2.50. The van der Waals surface area contributed by atoms with E-state index < -0.39 is 12.2 Å². The number of ether oxygens (including phenoxy) is 2. The van der Waals surface area contributed by atoms with Crippen LogP contribution in [0.25, 0.3) is 11.1 Å². The summed E-state index contributed by atoms with van der Waals surface area (Å²) in [5.41, 5.74) is 3.17. The van der Waals surface area contributed by atoms with Crippen molar-refractivity contribution in [2.45, 2.75) is 75.5 Å². The molecule has 5 atom stereocenters. The summed E-state index contributed by atoms with van der Waals surface area (Å²) in [7, 11) is 0. The molecule has 1 aliphatic carbocycles. The number of likely N-dealkylation sites (tertiary alicyclic amines) is 1. The largest absolute Gasteiger partial charge is 0.493 e. The standard InChI is InChI=1S/C31H39N3O6/c35-18-20-3-5-21(6-4-20)22-7-9-25-28(13-22)39-12-11-24-8-10-27(36)29(40-24)15-32-31(38)26-14-23(33-30(25)37)17-34(26)16-19-1-2-19/h3-7,9,13,19,23-24,26-27,29,35-36H,1-2,8,10-12,14-18H2,(H,32,38)(H,33,37)/t23-,24-,26-,27-,29+/m0/s1. The summed E-state index contributed by atoms with van der Waals surface area (Å²) in [6, 6.07) is 12.8. The lowest BCUT2D eigenvalue weighted by atomic mass is 9.99. The molecule has 3 aliphatic heterocycles. The predicted octanol–water partition coefficient (Wildman–Crippen LogP) is 2.24. The molecule has 40 heavy (non-hydrogen) atoms. The summed E-state index contributed by atoms with van der Waals surface area (Å²) in [5.74, 6) is 0.840. The molecular formula is C31H39N3O6. The first-order valence-corrected chi connectivity index (χ1v) is 14.6. The molecule has 0 unspecified atom stereocenters. The van der Waals surface area contributed by atoms with Gasteiger partial charge in [0, 0.05) is 32.1 Å². The minimum atomic E-state index is -0.616. The van der Waals surface area contributed by atoms with Crippen molar-refractivity contribution < 1.29 is 29.3 Å². The molecule has 214 valence electrons. The van der Waals surface area contributed by atoms with Crippen molar-refractivity contribution in [2.75, 3.05) is 26.2 Å². The van der Waals surface area contributed by atoms with Gasteiger partial charge in [-0.2, -0.15) is 0 Å². The number of fused-ring (bicyclic) bond motifs is 5. The van der Waals surface area contributed by atoms with Gasteiger partial charge >= 0.3 is 0 Å². The minimum absolute atomic E-state index is 0.0172. The van der Waals surface area contributed by atoms with E-state index in [9.17, 15) is 19.8 Å². The molecule has 0 spiro atoms. The molecule has 0 aromatic heterocycles.